The highest BCUT2D eigenvalue weighted by Gasteiger charge is 2.44. The van der Waals surface area contributed by atoms with Gasteiger partial charge < -0.3 is 5.11 Å². The molecule has 1 heterocycles. The number of aliphatic hydroxyl groups is 1. The first-order chi connectivity index (χ1) is 12.4. The van der Waals surface area contributed by atoms with Gasteiger partial charge in [-0.2, -0.15) is 10.1 Å². The summed E-state index contributed by atoms with van der Waals surface area (Å²) in [5.41, 5.74) is 0.911. The molecule has 136 valence electrons. The number of hydrazone groups is 1. The van der Waals surface area contributed by atoms with Crippen molar-refractivity contribution in [1.29, 1.82) is 0 Å². The van der Waals surface area contributed by atoms with Crippen LogP contribution in [0.4, 0.5) is 0 Å². The standard InChI is InChI=1S/C19H18BrClN2O2S/c1-13-10-19(25,15-6-8-16(20)9-7-15)23(22-13)18(24)12-26-11-14-4-2-3-5-17(14)21/h2-9,25H,10-12H2,1H3/t19-/m0/s1. The van der Waals surface area contributed by atoms with Crippen LogP contribution in [-0.4, -0.2) is 27.5 Å². The first-order valence-electron chi connectivity index (χ1n) is 8.07. The second-order valence-electron chi connectivity index (χ2n) is 6.13. The molecule has 0 fully saturated rings. The van der Waals surface area contributed by atoms with Gasteiger partial charge in [-0.3, -0.25) is 4.79 Å². The molecule has 1 aliphatic rings. The Kier molecular flexibility index (Phi) is 6.07. The summed E-state index contributed by atoms with van der Waals surface area (Å²) < 4.78 is 0.911. The SMILES string of the molecule is CC1=NN(C(=O)CSCc2ccccc2Cl)[C@@](O)(c2ccc(Br)cc2)C1. The van der Waals surface area contributed by atoms with E-state index in [1.807, 2.05) is 43.3 Å². The lowest BCUT2D eigenvalue weighted by Gasteiger charge is -2.31. The Morgan fingerprint density at radius 2 is 2.00 bits per heavy atom. The lowest BCUT2D eigenvalue weighted by Crippen LogP contribution is -2.44. The summed E-state index contributed by atoms with van der Waals surface area (Å²) in [6, 6.07) is 14.9. The zero-order valence-electron chi connectivity index (χ0n) is 14.2. The molecule has 1 aliphatic heterocycles. The predicted octanol–water partition coefficient (Wildman–Crippen LogP) is 4.79. The third-order valence-corrected chi connectivity index (χ3v) is 5.97. The highest BCUT2D eigenvalue weighted by Crippen LogP contribution is 2.36. The van der Waals surface area contributed by atoms with E-state index < -0.39 is 5.72 Å². The fourth-order valence-electron chi connectivity index (χ4n) is 2.85. The van der Waals surface area contributed by atoms with Crippen molar-refractivity contribution in [2.75, 3.05) is 5.75 Å². The highest BCUT2D eigenvalue weighted by molar-refractivity contribution is 9.10. The molecule has 1 atom stereocenters. The molecule has 0 spiro atoms. The topological polar surface area (TPSA) is 52.9 Å². The molecule has 0 radical (unpaired) electrons. The third-order valence-electron chi connectivity index (χ3n) is 4.11. The zero-order valence-corrected chi connectivity index (χ0v) is 17.3. The lowest BCUT2D eigenvalue weighted by molar-refractivity contribution is -0.154. The summed E-state index contributed by atoms with van der Waals surface area (Å²) in [6.07, 6.45) is 0.301. The molecule has 7 heteroatoms. The fourth-order valence-corrected chi connectivity index (χ4v) is 4.27. The number of rotatable bonds is 5. The molecule has 4 nitrogen and oxygen atoms in total. The van der Waals surface area contributed by atoms with Gasteiger partial charge >= 0.3 is 0 Å². The first kappa shape index (κ1) is 19.4. The number of nitrogens with zero attached hydrogens (tertiary/aromatic N) is 2. The average Bonchev–Trinajstić information content (AvgIpc) is 2.93. The van der Waals surface area contributed by atoms with E-state index in [1.54, 1.807) is 12.1 Å². The maximum atomic E-state index is 12.7. The van der Waals surface area contributed by atoms with Crippen molar-refractivity contribution in [2.45, 2.75) is 24.8 Å². The van der Waals surface area contributed by atoms with Gasteiger partial charge in [0.15, 0.2) is 5.72 Å². The van der Waals surface area contributed by atoms with Crippen molar-refractivity contribution in [1.82, 2.24) is 5.01 Å². The highest BCUT2D eigenvalue weighted by atomic mass is 79.9. The van der Waals surface area contributed by atoms with Crippen LogP contribution in [0.2, 0.25) is 5.02 Å². The molecule has 0 saturated heterocycles. The molecule has 3 rings (SSSR count). The van der Waals surface area contributed by atoms with Gasteiger partial charge in [0.1, 0.15) is 0 Å². The predicted molar refractivity (Wildman–Crippen MR) is 110 cm³/mol. The largest absolute Gasteiger partial charge is 0.365 e. The minimum atomic E-state index is -1.44. The van der Waals surface area contributed by atoms with Crippen LogP contribution in [0, 0.1) is 0 Å². The Labute approximate surface area is 170 Å². The normalized spacial score (nSPS) is 19.5. The summed E-state index contributed by atoms with van der Waals surface area (Å²) in [4.78, 5) is 12.7. The Morgan fingerprint density at radius 1 is 1.31 bits per heavy atom. The first-order valence-corrected chi connectivity index (χ1v) is 10.4. The summed E-state index contributed by atoms with van der Waals surface area (Å²) in [7, 11) is 0. The smallest absolute Gasteiger partial charge is 0.255 e. The second kappa shape index (κ2) is 8.13. The molecule has 1 amide bonds. The fraction of sp³-hybridized carbons (Fsp3) is 0.263. The second-order valence-corrected chi connectivity index (χ2v) is 8.43. The molecule has 0 bridgehead atoms. The number of carbonyl (C=O) groups excluding carboxylic acids is 1. The Bertz CT molecular complexity index is 844. The minimum Gasteiger partial charge on any atom is -0.365 e. The number of halogens is 2. The maximum Gasteiger partial charge on any atom is 0.255 e. The summed E-state index contributed by atoms with van der Waals surface area (Å²) >= 11 is 11.0. The number of hydrogen-bond donors (Lipinski definition) is 1. The molecule has 0 aliphatic carbocycles. The van der Waals surface area contributed by atoms with Gasteiger partial charge in [0.05, 0.1) is 5.75 Å². The quantitative estimate of drug-likeness (QED) is 0.708. The van der Waals surface area contributed by atoms with E-state index in [9.17, 15) is 9.90 Å². The van der Waals surface area contributed by atoms with E-state index in [2.05, 4.69) is 21.0 Å². The number of amides is 1. The number of hydrogen-bond acceptors (Lipinski definition) is 4. The van der Waals surface area contributed by atoms with Gasteiger partial charge in [-0.1, -0.05) is 57.9 Å². The molecule has 2 aromatic rings. The summed E-state index contributed by atoms with van der Waals surface area (Å²) in [5, 5.41) is 17.3. The van der Waals surface area contributed by atoms with Crippen molar-refractivity contribution in [3.8, 4) is 0 Å². The van der Waals surface area contributed by atoms with Crippen LogP contribution in [0.15, 0.2) is 58.1 Å². The van der Waals surface area contributed by atoms with Crippen LogP contribution in [0.25, 0.3) is 0 Å². The van der Waals surface area contributed by atoms with Crippen LogP contribution in [0.3, 0.4) is 0 Å². The van der Waals surface area contributed by atoms with Crippen molar-refractivity contribution < 1.29 is 9.90 Å². The minimum absolute atomic E-state index is 0.209. The molecule has 0 aromatic heterocycles. The average molecular weight is 454 g/mol. The Morgan fingerprint density at radius 3 is 2.69 bits per heavy atom. The molecule has 0 unspecified atom stereocenters. The van der Waals surface area contributed by atoms with Crippen molar-refractivity contribution in [3.63, 3.8) is 0 Å². The van der Waals surface area contributed by atoms with Crippen molar-refractivity contribution >= 4 is 50.9 Å². The number of carbonyl (C=O) groups is 1. The van der Waals surface area contributed by atoms with E-state index >= 15 is 0 Å². The van der Waals surface area contributed by atoms with Crippen LogP contribution in [0.1, 0.15) is 24.5 Å². The van der Waals surface area contributed by atoms with E-state index in [0.29, 0.717) is 22.8 Å². The molecule has 1 N–H and O–H groups in total. The van der Waals surface area contributed by atoms with Crippen LogP contribution >= 0.6 is 39.3 Å². The summed E-state index contributed by atoms with van der Waals surface area (Å²) in [5.74, 6) is 0.601. The van der Waals surface area contributed by atoms with Crippen LogP contribution in [0.5, 0.6) is 0 Å². The molecule has 0 saturated carbocycles. The van der Waals surface area contributed by atoms with Gasteiger partial charge in [0.25, 0.3) is 5.91 Å². The van der Waals surface area contributed by atoms with E-state index in [-0.39, 0.29) is 11.7 Å². The number of benzene rings is 2. The van der Waals surface area contributed by atoms with Gasteiger partial charge in [-0.05, 0) is 30.7 Å². The zero-order chi connectivity index (χ0) is 18.7. The van der Waals surface area contributed by atoms with E-state index in [1.165, 1.54) is 16.8 Å². The molecular formula is C19H18BrClN2O2S. The van der Waals surface area contributed by atoms with Crippen molar-refractivity contribution in [3.05, 3.63) is 69.2 Å². The third kappa shape index (κ3) is 4.14. The summed E-state index contributed by atoms with van der Waals surface area (Å²) in [6.45, 7) is 1.81. The van der Waals surface area contributed by atoms with Gasteiger partial charge in [0, 0.05) is 32.9 Å². The molecular weight excluding hydrogens is 436 g/mol. The van der Waals surface area contributed by atoms with Crippen molar-refractivity contribution in [2.24, 2.45) is 5.10 Å². The molecule has 2 aromatic carbocycles. The van der Waals surface area contributed by atoms with E-state index in [0.717, 1.165) is 15.7 Å². The van der Waals surface area contributed by atoms with Gasteiger partial charge in [0.2, 0.25) is 0 Å². The Hall–Kier alpha value is -1.34. The maximum absolute atomic E-state index is 12.7. The van der Waals surface area contributed by atoms with E-state index in [4.69, 9.17) is 11.6 Å². The number of thioether (sulfide) groups is 1. The Balaban J connectivity index is 1.70. The lowest BCUT2D eigenvalue weighted by atomic mass is 9.98. The van der Waals surface area contributed by atoms with Crippen LogP contribution < -0.4 is 0 Å². The van der Waals surface area contributed by atoms with Gasteiger partial charge in [-0.15, -0.1) is 11.8 Å². The van der Waals surface area contributed by atoms with Crippen LogP contribution in [-0.2, 0) is 16.3 Å². The molecule has 26 heavy (non-hydrogen) atoms. The van der Waals surface area contributed by atoms with Gasteiger partial charge in [-0.25, -0.2) is 0 Å². The monoisotopic (exact) mass is 452 g/mol.